The molecule has 1 aromatic carbocycles. The van der Waals surface area contributed by atoms with E-state index in [2.05, 4.69) is 12.3 Å². The standard InChI is InChI=1S/C11H15ClN2/c1-11(6-7-11)10(14-13)8-2-4-9(12)5-3-8/h2-5,10,14H,6-7,13H2,1H3. The van der Waals surface area contributed by atoms with Crippen LogP contribution in [0.2, 0.25) is 5.02 Å². The summed E-state index contributed by atoms with van der Waals surface area (Å²) in [6.45, 7) is 2.26. The van der Waals surface area contributed by atoms with E-state index < -0.39 is 0 Å². The van der Waals surface area contributed by atoms with Gasteiger partial charge in [0.05, 0.1) is 6.04 Å². The number of halogens is 1. The Bertz CT molecular complexity index is 317. The molecule has 3 N–H and O–H groups in total. The van der Waals surface area contributed by atoms with E-state index in [0.29, 0.717) is 5.41 Å². The molecule has 1 aliphatic rings. The van der Waals surface area contributed by atoms with Crippen LogP contribution in [0.5, 0.6) is 0 Å². The lowest BCUT2D eigenvalue weighted by Crippen LogP contribution is -2.33. The number of hydrogen-bond donors (Lipinski definition) is 2. The number of rotatable bonds is 3. The zero-order chi connectivity index (χ0) is 10.2. The van der Waals surface area contributed by atoms with E-state index in [1.54, 1.807) is 0 Å². The fourth-order valence-corrected chi connectivity index (χ4v) is 1.97. The van der Waals surface area contributed by atoms with Crippen molar-refractivity contribution in [2.24, 2.45) is 11.3 Å². The summed E-state index contributed by atoms with van der Waals surface area (Å²) in [6.07, 6.45) is 2.48. The van der Waals surface area contributed by atoms with Gasteiger partial charge >= 0.3 is 0 Å². The molecule has 2 nitrogen and oxygen atoms in total. The Morgan fingerprint density at radius 2 is 1.93 bits per heavy atom. The van der Waals surface area contributed by atoms with E-state index in [9.17, 15) is 0 Å². The van der Waals surface area contributed by atoms with E-state index in [-0.39, 0.29) is 6.04 Å². The van der Waals surface area contributed by atoms with Gasteiger partial charge in [0.2, 0.25) is 0 Å². The minimum Gasteiger partial charge on any atom is -0.271 e. The molecule has 1 unspecified atom stereocenters. The summed E-state index contributed by atoms with van der Waals surface area (Å²) in [6, 6.07) is 8.15. The monoisotopic (exact) mass is 210 g/mol. The van der Waals surface area contributed by atoms with Crippen molar-refractivity contribution in [1.29, 1.82) is 0 Å². The number of hydrazine groups is 1. The van der Waals surface area contributed by atoms with Gasteiger partial charge < -0.3 is 0 Å². The maximum Gasteiger partial charge on any atom is 0.0513 e. The largest absolute Gasteiger partial charge is 0.271 e. The lowest BCUT2D eigenvalue weighted by molar-refractivity contribution is 0.372. The zero-order valence-corrected chi connectivity index (χ0v) is 9.01. The van der Waals surface area contributed by atoms with Gasteiger partial charge in [0, 0.05) is 5.02 Å². The molecule has 0 spiro atoms. The molecular formula is C11H15ClN2. The SMILES string of the molecule is CC1(C(NN)c2ccc(Cl)cc2)CC1. The van der Waals surface area contributed by atoms with Crippen molar-refractivity contribution in [1.82, 2.24) is 5.43 Å². The fourth-order valence-electron chi connectivity index (χ4n) is 1.84. The zero-order valence-electron chi connectivity index (χ0n) is 8.26. The Morgan fingerprint density at radius 3 is 2.36 bits per heavy atom. The Kier molecular flexibility index (Phi) is 2.52. The van der Waals surface area contributed by atoms with Gasteiger partial charge in [-0.15, -0.1) is 0 Å². The van der Waals surface area contributed by atoms with Crippen molar-refractivity contribution in [2.45, 2.75) is 25.8 Å². The molecule has 0 aliphatic heterocycles. The molecule has 0 aromatic heterocycles. The summed E-state index contributed by atoms with van der Waals surface area (Å²) in [4.78, 5) is 0. The van der Waals surface area contributed by atoms with Crippen LogP contribution in [-0.4, -0.2) is 0 Å². The Hall–Kier alpha value is -0.570. The van der Waals surface area contributed by atoms with Gasteiger partial charge in [-0.25, -0.2) is 0 Å². The first-order valence-corrected chi connectivity index (χ1v) is 5.25. The summed E-state index contributed by atoms with van der Waals surface area (Å²) in [5.41, 5.74) is 4.45. The second-order valence-electron chi connectivity index (χ2n) is 4.31. The molecule has 1 fully saturated rings. The average Bonchev–Trinajstić information content (AvgIpc) is 2.89. The quantitative estimate of drug-likeness (QED) is 0.595. The summed E-state index contributed by atoms with van der Waals surface area (Å²) in [5.74, 6) is 5.59. The smallest absolute Gasteiger partial charge is 0.0513 e. The summed E-state index contributed by atoms with van der Waals surface area (Å²) in [7, 11) is 0. The molecule has 0 amide bonds. The maximum absolute atomic E-state index is 5.84. The highest BCUT2D eigenvalue weighted by molar-refractivity contribution is 6.30. The van der Waals surface area contributed by atoms with Crippen LogP contribution in [0.25, 0.3) is 0 Å². The normalized spacial score (nSPS) is 20.5. The summed E-state index contributed by atoms with van der Waals surface area (Å²) >= 11 is 5.84. The number of hydrogen-bond acceptors (Lipinski definition) is 2. The van der Waals surface area contributed by atoms with Gasteiger partial charge in [-0.3, -0.25) is 11.3 Å². The molecular weight excluding hydrogens is 196 g/mol. The van der Waals surface area contributed by atoms with Crippen LogP contribution in [0.4, 0.5) is 0 Å². The number of benzene rings is 1. The third-order valence-corrected chi connectivity index (χ3v) is 3.36. The van der Waals surface area contributed by atoms with Gasteiger partial charge in [0.15, 0.2) is 0 Å². The highest BCUT2D eigenvalue weighted by Crippen LogP contribution is 2.54. The van der Waals surface area contributed by atoms with Crippen molar-refractivity contribution >= 4 is 11.6 Å². The van der Waals surface area contributed by atoms with Gasteiger partial charge in [0.25, 0.3) is 0 Å². The van der Waals surface area contributed by atoms with Crippen LogP contribution >= 0.6 is 11.6 Å². The molecule has 2 rings (SSSR count). The van der Waals surface area contributed by atoms with Gasteiger partial charge in [-0.1, -0.05) is 30.7 Å². The highest BCUT2D eigenvalue weighted by atomic mass is 35.5. The van der Waals surface area contributed by atoms with Crippen LogP contribution in [-0.2, 0) is 0 Å². The fraction of sp³-hybridized carbons (Fsp3) is 0.455. The number of nitrogens with two attached hydrogens (primary N) is 1. The molecule has 0 bridgehead atoms. The molecule has 1 saturated carbocycles. The van der Waals surface area contributed by atoms with E-state index >= 15 is 0 Å². The van der Waals surface area contributed by atoms with Crippen molar-refractivity contribution in [3.63, 3.8) is 0 Å². The first kappa shape index (κ1) is 9.97. The Labute approximate surface area is 89.4 Å². The van der Waals surface area contributed by atoms with Crippen molar-refractivity contribution < 1.29 is 0 Å². The van der Waals surface area contributed by atoms with Crippen LogP contribution < -0.4 is 11.3 Å². The second kappa shape index (κ2) is 3.54. The molecule has 1 aromatic rings. The van der Waals surface area contributed by atoms with Crippen LogP contribution in [0, 0.1) is 5.41 Å². The van der Waals surface area contributed by atoms with Crippen molar-refractivity contribution in [3.05, 3.63) is 34.9 Å². The maximum atomic E-state index is 5.84. The third kappa shape index (κ3) is 1.78. The lowest BCUT2D eigenvalue weighted by Gasteiger charge is -2.23. The first-order chi connectivity index (χ1) is 6.65. The first-order valence-electron chi connectivity index (χ1n) is 4.87. The summed E-state index contributed by atoms with van der Waals surface area (Å²) < 4.78 is 0. The van der Waals surface area contributed by atoms with Gasteiger partial charge in [-0.05, 0) is 36.0 Å². The average molecular weight is 211 g/mol. The van der Waals surface area contributed by atoms with E-state index in [0.717, 1.165) is 5.02 Å². The van der Waals surface area contributed by atoms with Crippen molar-refractivity contribution in [3.8, 4) is 0 Å². The molecule has 0 saturated heterocycles. The van der Waals surface area contributed by atoms with Crippen LogP contribution in [0.1, 0.15) is 31.4 Å². The minimum atomic E-state index is 0.250. The Morgan fingerprint density at radius 1 is 1.36 bits per heavy atom. The van der Waals surface area contributed by atoms with Crippen molar-refractivity contribution in [2.75, 3.05) is 0 Å². The van der Waals surface area contributed by atoms with E-state index in [1.807, 2.05) is 24.3 Å². The lowest BCUT2D eigenvalue weighted by atomic mass is 9.92. The summed E-state index contributed by atoms with van der Waals surface area (Å²) in [5, 5.41) is 0.769. The predicted octanol–water partition coefficient (Wildman–Crippen LogP) is 2.64. The molecule has 76 valence electrons. The van der Waals surface area contributed by atoms with Crippen LogP contribution in [0.3, 0.4) is 0 Å². The van der Waals surface area contributed by atoms with E-state index in [4.69, 9.17) is 17.4 Å². The number of nitrogens with one attached hydrogen (secondary N) is 1. The molecule has 3 heteroatoms. The molecule has 1 aliphatic carbocycles. The van der Waals surface area contributed by atoms with Crippen LogP contribution in [0.15, 0.2) is 24.3 Å². The minimum absolute atomic E-state index is 0.250. The molecule has 1 atom stereocenters. The Balaban J connectivity index is 2.23. The highest BCUT2D eigenvalue weighted by Gasteiger charge is 2.44. The molecule has 0 radical (unpaired) electrons. The molecule has 14 heavy (non-hydrogen) atoms. The molecule has 0 heterocycles. The third-order valence-electron chi connectivity index (χ3n) is 3.11. The van der Waals surface area contributed by atoms with Gasteiger partial charge in [-0.2, -0.15) is 0 Å². The topological polar surface area (TPSA) is 38.0 Å². The van der Waals surface area contributed by atoms with Gasteiger partial charge in [0.1, 0.15) is 0 Å². The van der Waals surface area contributed by atoms with E-state index in [1.165, 1.54) is 18.4 Å². The second-order valence-corrected chi connectivity index (χ2v) is 4.74. The predicted molar refractivity (Wildman–Crippen MR) is 58.9 cm³/mol.